The number of ether oxygens (including phenoxy) is 2. The summed E-state index contributed by atoms with van der Waals surface area (Å²) in [7, 11) is 2.18. The summed E-state index contributed by atoms with van der Waals surface area (Å²) in [6.07, 6.45) is 6.29. The molecule has 7 rings (SSSR count). The third-order valence-electron chi connectivity index (χ3n) is 8.57. The van der Waals surface area contributed by atoms with E-state index in [4.69, 9.17) is 9.47 Å². The lowest BCUT2D eigenvalue weighted by atomic mass is 9.77. The molecular weight excluding hydrogens is 484 g/mol. The average Bonchev–Trinajstić information content (AvgIpc) is 3.27. The zero-order valence-corrected chi connectivity index (χ0v) is 22.3. The minimum absolute atomic E-state index is 0.318. The van der Waals surface area contributed by atoms with Crippen molar-refractivity contribution in [1.29, 1.82) is 0 Å². The normalized spacial score (nSPS) is 19.5. The molecule has 4 aromatic carbocycles. The van der Waals surface area contributed by atoms with Crippen LogP contribution in [0.25, 0.3) is 0 Å². The second kappa shape index (κ2) is 9.19. The van der Waals surface area contributed by atoms with Gasteiger partial charge >= 0.3 is 5.97 Å². The van der Waals surface area contributed by atoms with Crippen LogP contribution in [0.15, 0.2) is 78.9 Å². The highest BCUT2D eigenvalue weighted by molar-refractivity contribution is 5.97. The van der Waals surface area contributed by atoms with E-state index in [0.717, 1.165) is 45.1 Å². The molecule has 39 heavy (non-hydrogen) atoms. The van der Waals surface area contributed by atoms with Crippen LogP contribution in [0.3, 0.4) is 0 Å². The lowest BCUT2D eigenvalue weighted by molar-refractivity contribution is 0.0224. The van der Waals surface area contributed by atoms with Crippen LogP contribution in [0.5, 0.6) is 11.5 Å². The number of carbonyl (C=O) groups is 1. The van der Waals surface area contributed by atoms with Gasteiger partial charge in [0.1, 0.15) is 11.5 Å². The maximum Gasteiger partial charge on any atom is 0.340 e. The highest BCUT2D eigenvalue weighted by Gasteiger charge is 2.53. The number of benzene rings is 4. The van der Waals surface area contributed by atoms with Gasteiger partial charge < -0.3 is 19.7 Å². The molecule has 4 aromatic rings. The van der Waals surface area contributed by atoms with Crippen molar-refractivity contribution in [2.45, 2.75) is 50.7 Å². The zero-order chi connectivity index (χ0) is 26.6. The summed E-state index contributed by atoms with van der Waals surface area (Å²) in [6.45, 7) is 2.06. The Hall–Kier alpha value is -4.25. The lowest BCUT2D eigenvalue weighted by Crippen LogP contribution is -2.35. The third kappa shape index (κ3) is 3.79. The largest absolute Gasteiger partial charge is 0.456 e. The Kier molecular flexibility index (Phi) is 5.62. The maximum absolute atomic E-state index is 13.3. The molecule has 2 aliphatic heterocycles. The van der Waals surface area contributed by atoms with E-state index in [9.17, 15) is 4.79 Å². The van der Waals surface area contributed by atoms with Crippen LogP contribution in [-0.2, 0) is 10.3 Å². The van der Waals surface area contributed by atoms with Gasteiger partial charge in [-0.2, -0.15) is 0 Å². The predicted octanol–water partition coefficient (Wildman–Crippen LogP) is 7.88. The predicted molar refractivity (Wildman–Crippen MR) is 153 cm³/mol. The molecule has 1 radical (unpaired) electrons. The summed E-state index contributed by atoms with van der Waals surface area (Å²) >= 11 is 0. The standard InChI is InChI=1S/C34H31N2O3/c1-22-19-31-29(21-30(22)35-23-11-5-3-6-12-23)34(27-16-10-9-15-26(27)33(37)39-34)28-18-17-25(20-32(28)38-31)36(2)24-13-7-4-8-14-24/h5-6,9-12,15-21,24,35H,4,7-8,13-14H2,1-2H3. The molecule has 1 unspecified atom stereocenters. The molecule has 1 fully saturated rings. The van der Waals surface area contributed by atoms with E-state index >= 15 is 0 Å². The van der Waals surface area contributed by atoms with E-state index in [1.54, 1.807) is 0 Å². The molecule has 5 nitrogen and oxygen atoms in total. The smallest absolute Gasteiger partial charge is 0.340 e. The van der Waals surface area contributed by atoms with Crippen molar-refractivity contribution < 1.29 is 14.3 Å². The second-order valence-electron chi connectivity index (χ2n) is 10.9. The number of hydrogen-bond donors (Lipinski definition) is 1. The Bertz CT molecular complexity index is 1580. The Balaban J connectivity index is 1.39. The highest BCUT2D eigenvalue weighted by Crippen LogP contribution is 2.57. The fourth-order valence-corrected chi connectivity index (χ4v) is 6.47. The van der Waals surface area contributed by atoms with Crippen LogP contribution >= 0.6 is 0 Å². The molecule has 1 atom stereocenters. The summed E-state index contributed by atoms with van der Waals surface area (Å²) in [4.78, 5) is 15.7. The first-order chi connectivity index (χ1) is 19.0. The van der Waals surface area contributed by atoms with Crippen molar-refractivity contribution in [3.05, 3.63) is 113 Å². The highest BCUT2D eigenvalue weighted by atomic mass is 16.6. The molecule has 1 N–H and O–H groups in total. The first kappa shape index (κ1) is 23.8. The van der Waals surface area contributed by atoms with Gasteiger partial charge in [0.2, 0.25) is 0 Å². The van der Waals surface area contributed by atoms with Crippen LogP contribution in [0.2, 0.25) is 0 Å². The number of esters is 1. The van der Waals surface area contributed by atoms with E-state index in [1.807, 2.05) is 54.6 Å². The van der Waals surface area contributed by atoms with Gasteiger partial charge in [0, 0.05) is 52.9 Å². The number of fused-ring (bicyclic) bond motifs is 6. The minimum Gasteiger partial charge on any atom is -0.456 e. The zero-order valence-electron chi connectivity index (χ0n) is 22.3. The van der Waals surface area contributed by atoms with Crippen molar-refractivity contribution in [3.8, 4) is 11.5 Å². The molecule has 1 aliphatic carbocycles. The van der Waals surface area contributed by atoms with Gasteiger partial charge in [-0.3, -0.25) is 0 Å². The SMILES string of the molecule is Cc1cc2c(cc1Nc1cc[c]cc1)C1(OC(=O)c3ccccc31)c1ccc(N(C)C3CCCCC3)cc1O2. The number of nitrogens with one attached hydrogen (secondary N) is 1. The van der Waals surface area contributed by atoms with Gasteiger partial charge in [0.25, 0.3) is 0 Å². The minimum atomic E-state index is -1.09. The van der Waals surface area contributed by atoms with Crippen LogP contribution < -0.4 is 15.0 Å². The topological polar surface area (TPSA) is 50.8 Å². The van der Waals surface area contributed by atoms with E-state index in [1.165, 1.54) is 32.1 Å². The fourth-order valence-electron chi connectivity index (χ4n) is 6.47. The van der Waals surface area contributed by atoms with Crippen molar-refractivity contribution in [2.24, 2.45) is 0 Å². The van der Waals surface area contributed by atoms with E-state index < -0.39 is 5.60 Å². The van der Waals surface area contributed by atoms with E-state index in [2.05, 4.69) is 54.5 Å². The molecule has 1 saturated carbocycles. The van der Waals surface area contributed by atoms with Gasteiger partial charge in [-0.15, -0.1) is 0 Å². The summed E-state index contributed by atoms with van der Waals surface area (Å²) in [5.41, 5.74) is 6.05. The Morgan fingerprint density at radius 2 is 1.67 bits per heavy atom. The molecule has 3 aliphatic rings. The van der Waals surface area contributed by atoms with E-state index in [0.29, 0.717) is 17.4 Å². The molecule has 0 saturated heterocycles. The van der Waals surface area contributed by atoms with Gasteiger partial charge in [-0.25, -0.2) is 4.79 Å². The number of hydrogen-bond acceptors (Lipinski definition) is 5. The molecular formula is C34H31N2O3. The van der Waals surface area contributed by atoms with Crippen LogP contribution in [0, 0.1) is 13.0 Å². The molecule has 0 aromatic heterocycles. The Morgan fingerprint density at radius 1 is 0.897 bits per heavy atom. The average molecular weight is 516 g/mol. The number of nitrogens with zero attached hydrogens (tertiary/aromatic N) is 1. The number of carbonyl (C=O) groups excluding carboxylic acids is 1. The quantitative estimate of drug-likeness (QED) is 0.280. The number of anilines is 3. The lowest BCUT2D eigenvalue weighted by Gasteiger charge is -2.38. The van der Waals surface area contributed by atoms with Crippen molar-refractivity contribution in [1.82, 2.24) is 0 Å². The number of rotatable bonds is 4. The van der Waals surface area contributed by atoms with Gasteiger partial charge in [-0.1, -0.05) is 49.6 Å². The Labute approximate surface area is 229 Å². The van der Waals surface area contributed by atoms with Crippen LogP contribution in [0.4, 0.5) is 17.1 Å². The molecule has 1 spiro atoms. The van der Waals surface area contributed by atoms with Gasteiger partial charge in [-0.05, 0) is 73.9 Å². The monoisotopic (exact) mass is 515 g/mol. The van der Waals surface area contributed by atoms with Crippen molar-refractivity contribution in [3.63, 3.8) is 0 Å². The first-order valence-electron chi connectivity index (χ1n) is 13.8. The fraction of sp³-hybridized carbons (Fsp3) is 0.265. The van der Waals surface area contributed by atoms with Crippen LogP contribution in [-0.4, -0.2) is 19.1 Å². The summed E-state index contributed by atoms with van der Waals surface area (Å²) < 4.78 is 13.0. The van der Waals surface area contributed by atoms with Crippen molar-refractivity contribution >= 4 is 23.0 Å². The maximum atomic E-state index is 13.3. The molecule has 0 bridgehead atoms. The van der Waals surface area contributed by atoms with E-state index in [-0.39, 0.29) is 5.97 Å². The third-order valence-corrected chi connectivity index (χ3v) is 8.57. The molecule has 5 heteroatoms. The summed E-state index contributed by atoms with van der Waals surface area (Å²) in [6, 6.07) is 29.5. The second-order valence-corrected chi connectivity index (χ2v) is 10.9. The first-order valence-corrected chi connectivity index (χ1v) is 13.8. The summed E-state index contributed by atoms with van der Waals surface area (Å²) in [5.74, 6) is 1.11. The Morgan fingerprint density at radius 3 is 2.49 bits per heavy atom. The van der Waals surface area contributed by atoms with Gasteiger partial charge in [0.05, 0.1) is 5.56 Å². The van der Waals surface area contributed by atoms with Gasteiger partial charge in [0.15, 0.2) is 5.60 Å². The summed E-state index contributed by atoms with van der Waals surface area (Å²) in [5, 5.41) is 3.53. The number of aryl methyl sites for hydroxylation is 1. The van der Waals surface area contributed by atoms with Crippen molar-refractivity contribution in [2.75, 3.05) is 17.3 Å². The molecule has 195 valence electrons. The van der Waals surface area contributed by atoms with Crippen LogP contribution in [0.1, 0.15) is 64.7 Å². The molecule has 2 heterocycles. The molecule has 0 amide bonds.